The first-order valence-electron chi connectivity index (χ1n) is 8.43. The van der Waals surface area contributed by atoms with E-state index in [1.807, 2.05) is 23.4 Å². The molecular weight excluding hydrogens is 312 g/mol. The zero-order chi connectivity index (χ0) is 16.5. The van der Waals surface area contributed by atoms with Crippen LogP contribution in [0.25, 0.3) is 16.8 Å². The molecule has 7 heteroatoms. The van der Waals surface area contributed by atoms with Crippen LogP contribution < -0.4 is 0 Å². The summed E-state index contributed by atoms with van der Waals surface area (Å²) in [5.74, 6) is -1.71. The first-order valence-corrected chi connectivity index (χ1v) is 8.43. The second-order valence-electron chi connectivity index (χ2n) is 7.32. The SMILES string of the molecule is C[C@@H]1C[C@H](N2CC(F)(F)C2)C[C@@H]1c1cnc2cnc3[nH]ccc3n12. The van der Waals surface area contributed by atoms with Crippen molar-refractivity contribution >= 4 is 16.8 Å². The molecule has 1 aliphatic heterocycles. The molecule has 0 radical (unpaired) electrons. The Morgan fingerprint density at radius 3 is 2.83 bits per heavy atom. The molecule has 2 aliphatic rings. The Morgan fingerprint density at radius 1 is 1.21 bits per heavy atom. The smallest absolute Gasteiger partial charge is 0.272 e. The van der Waals surface area contributed by atoms with Gasteiger partial charge in [0.1, 0.15) is 0 Å². The van der Waals surface area contributed by atoms with Gasteiger partial charge in [-0.2, -0.15) is 0 Å². The van der Waals surface area contributed by atoms with Gasteiger partial charge in [-0.05, 0) is 24.8 Å². The van der Waals surface area contributed by atoms with Gasteiger partial charge >= 0.3 is 0 Å². The molecule has 1 saturated heterocycles. The van der Waals surface area contributed by atoms with E-state index in [2.05, 4.69) is 26.3 Å². The highest BCUT2D eigenvalue weighted by molar-refractivity contribution is 5.74. The number of halogens is 2. The van der Waals surface area contributed by atoms with E-state index in [0.29, 0.717) is 11.8 Å². The molecule has 3 aromatic rings. The van der Waals surface area contributed by atoms with Gasteiger partial charge in [0.2, 0.25) is 0 Å². The Morgan fingerprint density at radius 2 is 2.04 bits per heavy atom. The van der Waals surface area contributed by atoms with E-state index in [9.17, 15) is 8.78 Å². The molecule has 3 aromatic heterocycles. The number of likely N-dealkylation sites (tertiary alicyclic amines) is 1. The summed E-state index contributed by atoms with van der Waals surface area (Å²) in [5.41, 5.74) is 3.86. The molecule has 0 unspecified atom stereocenters. The van der Waals surface area contributed by atoms with Crippen LogP contribution in [0.15, 0.2) is 24.7 Å². The van der Waals surface area contributed by atoms with Crippen molar-refractivity contribution in [2.45, 2.75) is 37.6 Å². The summed E-state index contributed by atoms with van der Waals surface area (Å²) in [6.07, 6.45) is 7.46. The normalized spacial score (nSPS) is 30.2. The lowest BCUT2D eigenvalue weighted by atomic mass is 9.95. The maximum absolute atomic E-state index is 13.2. The first kappa shape index (κ1) is 14.3. The molecular formula is C17H19F2N5. The minimum absolute atomic E-state index is 0.0871. The molecule has 3 atom stereocenters. The molecule has 24 heavy (non-hydrogen) atoms. The quantitative estimate of drug-likeness (QED) is 0.785. The van der Waals surface area contributed by atoms with E-state index in [4.69, 9.17) is 0 Å². The number of aromatic nitrogens is 4. The second kappa shape index (κ2) is 4.75. The molecule has 2 fully saturated rings. The van der Waals surface area contributed by atoms with Gasteiger partial charge in [-0.15, -0.1) is 0 Å². The number of rotatable bonds is 2. The van der Waals surface area contributed by atoms with Crippen LogP contribution in [0, 0.1) is 5.92 Å². The van der Waals surface area contributed by atoms with E-state index in [-0.39, 0.29) is 19.1 Å². The average Bonchev–Trinajstić information content (AvgIpc) is 3.20. The zero-order valence-electron chi connectivity index (χ0n) is 13.4. The molecule has 0 amide bonds. The molecule has 4 heterocycles. The summed E-state index contributed by atoms with van der Waals surface area (Å²) in [4.78, 5) is 14.0. The van der Waals surface area contributed by atoms with E-state index in [0.717, 1.165) is 29.7 Å². The van der Waals surface area contributed by atoms with Crippen molar-refractivity contribution in [1.29, 1.82) is 0 Å². The van der Waals surface area contributed by atoms with Crippen LogP contribution in [0.4, 0.5) is 8.78 Å². The van der Waals surface area contributed by atoms with Crippen molar-refractivity contribution < 1.29 is 8.78 Å². The van der Waals surface area contributed by atoms with E-state index in [1.165, 1.54) is 5.69 Å². The number of H-pyrrole nitrogens is 1. The summed E-state index contributed by atoms with van der Waals surface area (Å²) < 4.78 is 28.5. The topological polar surface area (TPSA) is 49.2 Å². The maximum Gasteiger partial charge on any atom is 0.272 e. The van der Waals surface area contributed by atoms with Crippen LogP contribution in [0.1, 0.15) is 31.4 Å². The Hall–Kier alpha value is -2.02. The van der Waals surface area contributed by atoms with Gasteiger partial charge in [0.25, 0.3) is 5.92 Å². The second-order valence-corrected chi connectivity index (χ2v) is 7.32. The highest BCUT2D eigenvalue weighted by Crippen LogP contribution is 2.44. The molecule has 1 saturated carbocycles. The summed E-state index contributed by atoms with van der Waals surface area (Å²) in [7, 11) is 0. The number of aromatic amines is 1. The number of nitrogens with zero attached hydrogens (tertiary/aromatic N) is 4. The number of nitrogens with one attached hydrogen (secondary N) is 1. The summed E-state index contributed by atoms with van der Waals surface area (Å²) in [6, 6.07) is 2.26. The van der Waals surface area contributed by atoms with Gasteiger partial charge in [-0.25, -0.2) is 18.7 Å². The molecule has 0 bridgehead atoms. The molecule has 126 valence electrons. The lowest BCUT2D eigenvalue weighted by molar-refractivity contribution is -0.145. The maximum atomic E-state index is 13.2. The molecule has 5 nitrogen and oxygen atoms in total. The average molecular weight is 331 g/mol. The minimum atomic E-state index is -2.49. The van der Waals surface area contributed by atoms with Crippen LogP contribution in [-0.4, -0.2) is 49.3 Å². The number of imidazole rings is 1. The van der Waals surface area contributed by atoms with Crippen molar-refractivity contribution in [3.05, 3.63) is 30.4 Å². The van der Waals surface area contributed by atoms with E-state index < -0.39 is 5.92 Å². The van der Waals surface area contributed by atoms with E-state index in [1.54, 1.807) is 6.20 Å². The van der Waals surface area contributed by atoms with Gasteiger partial charge in [-0.3, -0.25) is 9.30 Å². The fourth-order valence-corrected chi connectivity index (χ4v) is 4.49. The largest absolute Gasteiger partial charge is 0.345 e. The number of hydrogen-bond donors (Lipinski definition) is 1. The van der Waals surface area contributed by atoms with Crippen molar-refractivity contribution in [3.8, 4) is 0 Å². The van der Waals surface area contributed by atoms with Gasteiger partial charge < -0.3 is 4.98 Å². The summed E-state index contributed by atoms with van der Waals surface area (Å²) in [6.45, 7) is 2.05. The monoisotopic (exact) mass is 331 g/mol. The van der Waals surface area contributed by atoms with Crippen molar-refractivity contribution in [3.63, 3.8) is 0 Å². The lowest BCUT2D eigenvalue weighted by Gasteiger charge is -2.42. The summed E-state index contributed by atoms with van der Waals surface area (Å²) >= 11 is 0. The minimum Gasteiger partial charge on any atom is -0.345 e. The number of fused-ring (bicyclic) bond motifs is 3. The van der Waals surface area contributed by atoms with Gasteiger partial charge in [-0.1, -0.05) is 6.92 Å². The first-order chi connectivity index (χ1) is 11.5. The standard InChI is InChI=1S/C17H19F2N5/c1-10-4-11(23-8-17(18,19)9-23)5-12(10)14-6-21-15-7-22-16-13(24(14)15)2-3-20-16/h2-3,6-7,10-12,20H,4-5,8-9H2,1H3/t10-,11+,12+/m1/s1. The number of hydrogen-bond acceptors (Lipinski definition) is 3. The predicted octanol–water partition coefficient (Wildman–Crippen LogP) is 3.04. The summed E-state index contributed by atoms with van der Waals surface area (Å²) in [5, 5.41) is 0. The molecule has 0 aromatic carbocycles. The fraction of sp³-hybridized carbons (Fsp3) is 0.529. The van der Waals surface area contributed by atoms with Crippen LogP contribution in [0.5, 0.6) is 0 Å². The Labute approximate surface area is 137 Å². The van der Waals surface area contributed by atoms with Crippen LogP contribution in [0.3, 0.4) is 0 Å². The van der Waals surface area contributed by atoms with E-state index >= 15 is 0 Å². The number of alkyl halides is 2. The Kier molecular flexibility index (Phi) is 2.84. The third-order valence-electron chi connectivity index (χ3n) is 5.69. The molecule has 5 rings (SSSR count). The van der Waals surface area contributed by atoms with Gasteiger partial charge in [0, 0.05) is 30.0 Å². The molecule has 0 spiro atoms. The molecule has 1 aliphatic carbocycles. The van der Waals surface area contributed by atoms with Crippen LogP contribution in [0.2, 0.25) is 0 Å². The van der Waals surface area contributed by atoms with Gasteiger partial charge in [0.05, 0.1) is 24.8 Å². The predicted molar refractivity (Wildman–Crippen MR) is 86.3 cm³/mol. The van der Waals surface area contributed by atoms with Crippen molar-refractivity contribution in [2.75, 3.05) is 13.1 Å². The Balaban J connectivity index is 1.50. The fourth-order valence-electron chi connectivity index (χ4n) is 4.49. The highest BCUT2D eigenvalue weighted by atomic mass is 19.3. The third kappa shape index (κ3) is 2.00. The van der Waals surface area contributed by atoms with Gasteiger partial charge in [0.15, 0.2) is 11.3 Å². The lowest BCUT2D eigenvalue weighted by Crippen LogP contribution is -2.59. The Bertz CT molecular complexity index is 906. The molecule has 1 N–H and O–H groups in total. The van der Waals surface area contributed by atoms with Crippen molar-refractivity contribution in [2.24, 2.45) is 5.92 Å². The van der Waals surface area contributed by atoms with Crippen LogP contribution >= 0.6 is 0 Å². The zero-order valence-corrected chi connectivity index (χ0v) is 13.4. The van der Waals surface area contributed by atoms with Crippen molar-refractivity contribution in [1.82, 2.24) is 24.3 Å². The third-order valence-corrected chi connectivity index (χ3v) is 5.69. The van der Waals surface area contributed by atoms with Crippen LogP contribution in [-0.2, 0) is 0 Å². The highest BCUT2D eigenvalue weighted by Gasteiger charge is 2.49.